The lowest BCUT2D eigenvalue weighted by Crippen LogP contribution is -3.15. The van der Waals surface area contributed by atoms with Crippen molar-refractivity contribution in [2.45, 2.75) is 0 Å². The predicted molar refractivity (Wildman–Crippen MR) is 79.0 cm³/mol. The van der Waals surface area contributed by atoms with Gasteiger partial charge in [-0.1, -0.05) is 36.4 Å². The Bertz CT molecular complexity index is 601. The van der Waals surface area contributed by atoms with E-state index in [9.17, 15) is 4.79 Å². The number of hydrogen-bond acceptors (Lipinski definition) is 2. The quantitative estimate of drug-likeness (QED) is 0.863. The van der Waals surface area contributed by atoms with E-state index in [1.165, 1.54) is 4.90 Å². The lowest BCUT2D eigenvalue weighted by Gasteiger charge is -2.23. The Labute approximate surface area is 118 Å². The van der Waals surface area contributed by atoms with Gasteiger partial charge in [-0.15, -0.1) is 0 Å². The van der Waals surface area contributed by atoms with Crippen molar-refractivity contribution >= 4 is 22.4 Å². The van der Waals surface area contributed by atoms with Gasteiger partial charge in [-0.2, -0.15) is 0 Å². The van der Waals surface area contributed by atoms with Crippen molar-refractivity contribution in [1.82, 2.24) is 0 Å². The molecule has 4 heteroatoms. The van der Waals surface area contributed by atoms with Gasteiger partial charge in [-0.05, 0) is 11.5 Å². The molecule has 1 saturated heterocycles. The summed E-state index contributed by atoms with van der Waals surface area (Å²) in [6, 6.07) is 14.1. The standard InChI is InChI=1S/C16H18N2O2/c19-16(12-18-8-10-20-11-9-18)17-15-7-3-5-13-4-1-2-6-14(13)15/h1-7H,8-12H2,(H,17,19)/p+1. The highest BCUT2D eigenvalue weighted by Crippen LogP contribution is 2.22. The minimum Gasteiger partial charge on any atom is -0.370 e. The van der Waals surface area contributed by atoms with Crippen molar-refractivity contribution in [2.24, 2.45) is 0 Å². The number of amides is 1. The van der Waals surface area contributed by atoms with Crippen LogP contribution in [0.3, 0.4) is 0 Å². The van der Waals surface area contributed by atoms with Crippen LogP contribution in [-0.2, 0) is 9.53 Å². The minimum atomic E-state index is 0.0678. The van der Waals surface area contributed by atoms with Crippen LogP contribution in [-0.4, -0.2) is 38.8 Å². The summed E-state index contributed by atoms with van der Waals surface area (Å²) in [6.45, 7) is 3.81. The van der Waals surface area contributed by atoms with Gasteiger partial charge in [0.25, 0.3) is 5.91 Å². The number of ether oxygens (including phenoxy) is 1. The zero-order valence-corrected chi connectivity index (χ0v) is 11.4. The topological polar surface area (TPSA) is 42.8 Å². The molecule has 1 aliphatic heterocycles. The summed E-state index contributed by atoms with van der Waals surface area (Å²) in [7, 11) is 0. The molecule has 0 atom stereocenters. The number of carbonyl (C=O) groups is 1. The van der Waals surface area contributed by atoms with E-state index >= 15 is 0 Å². The van der Waals surface area contributed by atoms with E-state index in [0.29, 0.717) is 6.54 Å². The van der Waals surface area contributed by atoms with Gasteiger partial charge in [-0.25, -0.2) is 0 Å². The van der Waals surface area contributed by atoms with Crippen LogP contribution in [0.5, 0.6) is 0 Å². The number of fused-ring (bicyclic) bond motifs is 1. The monoisotopic (exact) mass is 271 g/mol. The zero-order valence-electron chi connectivity index (χ0n) is 11.4. The van der Waals surface area contributed by atoms with Crippen LogP contribution in [0.25, 0.3) is 10.8 Å². The Kier molecular flexibility index (Phi) is 3.95. The predicted octanol–water partition coefficient (Wildman–Crippen LogP) is 0.693. The van der Waals surface area contributed by atoms with E-state index in [1.54, 1.807) is 0 Å². The van der Waals surface area contributed by atoms with Gasteiger partial charge in [0.1, 0.15) is 13.1 Å². The fourth-order valence-corrected chi connectivity index (χ4v) is 2.59. The van der Waals surface area contributed by atoms with Crippen LogP contribution < -0.4 is 10.2 Å². The Morgan fingerprint density at radius 1 is 1.10 bits per heavy atom. The number of quaternary nitrogens is 1. The molecule has 4 nitrogen and oxygen atoms in total. The largest absolute Gasteiger partial charge is 0.370 e. The highest BCUT2D eigenvalue weighted by molar-refractivity contribution is 6.02. The van der Waals surface area contributed by atoms with Gasteiger partial charge in [0.2, 0.25) is 0 Å². The molecule has 0 radical (unpaired) electrons. The molecule has 2 aromatic carbocycles. The number of morpholine rings is 1. The van der Waals surface area contributed by atoms with Crippen LogP contribution in [0, 0.1) is 0 Å². The summed E-state index contributed by atoms with van der Waals surface area (Å²) in [6.07, 6.45) is 0. The maximum Gasteiger partial charge on any atom is 0.279 e. The molecule has 1 amide bonds. The first-order chi connectivity index (χ1) is 9.83. The van der Waals surface area contributed by atoms with E-state index in [0.717, 1.165) is 42.8 Å². The maximum absolute atomic E-state index is 12.2. The molecule has 1 fully saturated rings. The minimum absolute atomic E-state index is 0.0678. The number of carbonyl (C=O) groups excluding carboxylic acids is 1. The molecule has 0 aliphatic carbocycles. The Hall–Kier alpha value is -1.91. The molecule has 1 aliphatic rings. The highest BCUT2D eigenvalue weighted by atomic mass is 16.5. The molecular formula is C16H19N2O2+. The second-order valence-electron chi connectivity index (χ2n) is 5.11. The molecule has 20 heavy (non-hydrogen) atoms. The number of anilines is 1. The third-order valence-electron chi connectivity index (χ3n) is 3.67. The summed E-state index contributed by atoms with van der Waals surface area (Å²) in [5.74, 6) is 0.0678. The van der Waals surface area contributed by atoms with Crippen LogP contribution in [0.15, 0.2) is 42.5 Å². The summed E-state index contributed by atoms with van der Waals surface area (Å²) in [4.78, 5) is 13.4. The second kappa shape index (κ2) is 6.03. The normalized spacial score (nSPS) is 16.2. The van der Waals surface area contributed by atoms with Crippen LogP contribution in [0.1, 0.15) is 0 Å². The average Bonchev–Trinajstić information content (AvgIpc) is 2.48. The summed E-state index contributed by atoms with van der Waals surface area (Å²) in [5.41, 5.74) is 0.890. The van der Waals surface area contributed by atoms with Crippen LogP contribution >= 0.6 is 0 Å². The first kappa shape index (κ1) is 13.1. The lowest BCUT2D eigenvalue weighted by atomic mass is 10.1. The summed E-state index contributed by atoms with van der Waals surface area (Å²) < 4.78 is 5.30. The molecule has 104 valence electrons. The third-order valence-corrected chi connectivity index (χ3v) is 3.67. The van der Waals surface area contributed by atoms with Crippen molar-refractivity contribution in [2.75, 3.05) is 38.2 Å². The Morgan fingerprint density at radius 2 is 1.85 bits per heavy atom. The van der Waals surface area contributed by atoms with Gasteiger partial charge in [0.05, 0.1) is 13.2 Å². The lowest BCUT2D eigenvalue weighted by molar-refractivity contribution is -0.899. The number of hydrogen-bond donors (Lipinski definition) is 2. The van der Waals surface area contributed by atoms with Gasteiger partial charge in [0.15, 0.2) is 6.54 Å². The van der Waals surface area contributed by atoms with Crippen molar-refractivity contribution < 1.29 is 14.4 Å². The number of benzene rings is 2. The molecule has 0 bridgehead atoms. The first-order valence-electron chi connectivity index (χ1n) is 7.02. The first-order valence-corrected chi connectivity index (χ1v) is 7.02. The average molecular weight is 271 g/mol. The molecule has 1 heterocycles. The van der Waals surface area contributed by atoms with Gasteiger partial charge in [0, 0.05) is 11.1 Å². The smallest absolute Gasteiger partial charge is 0.279 e. The SMILES string of the molecule is O=C(C[NH+]1CCOCC1)Nc1cccc2ccccc12. The molecular weight excluding hydrogens is 252 g/mol. The van der Waals surface area contributed by atoms with E-state index in [1.807, 2.05) is 30.3 Å². The van der Waals surface area contributed by atoms with Gasteiger partial charge < -0.3 is 15.0 Å². The highest BCUT2D eigenvalue weighted by Gasteiger charge is 2.17. The molecule has 2 N–H and O–H groups in total. The molecule has 0 aromatic heterocycles. The maximum atomic E-state index is 12.2. The van der Waals surface area contributed by atoms with Crippen molar-refractivity contribution in [3.8, 4) is 0 Å². The third kappa shape index (κ3) is 2.98. The fraction of sp³-hybridized carbons (Fsp3) is 0.312. The zero-order chi connectivity index (χ0) is 13.8. The molecule has 0 spiro atoms. The van der Waals surface area contributed by atoms with Crippen LogP contribution in [0.2, 0.25) is 0 Å². The van der Waals surface area contributed by atoms with Crippen molar-refractivity contribution in [1.29, 1.82) is 0 Å². The summed E-state index contributed by atoms with van der Waals surface area (Å²) >= 11 is 0. The van der Waals surface area contributed by atoms with Crippen molar-refractivity contribution in [3.63, 3.8) is 0 Å². The van der Waals surface area contributed by atoms with E-state index in [2.05, 4.69) is 17.4 Å². The Morgan fingerprint density at radius 3 is 2.70 bits per heavy atom. The summed E-state index contributed by atoms with van der Waals surface area (Å²) in [5, 5.41) is 5.26. The number of rotatable bonds is 3. The molecule has 3 rings (SSSR count). The van der Waals surface area contributed by atoms with E-state index in [-0.39, 0.29) is 5.91 Å². The molecule has 0 saturated carbocycles. The molecule has 0 unspecified atom stereocenters. The fourth-order valence-electron chi connectivity index (χ4n) is 2.59. The van der Waals surface area contributed by atoms with E-state index in [4.69, 9.17) is 4.74 Å². The van der Waals surface area contributed by atoms with Gasteiger partial charge in [-0.3, -0.25) is 4.79 Å². The van der Waals surface area contributed by atoms with Crippen LogP contribution in [0.4, 0.5) is 5.69 Å². The van der Waals surface area contributed by atoms with Gasteiger partial charge >= 0.3 is 0 Å². The second-order valence-corrected chi connectivity index (χ2v) is 5.11. The Balaban J connectivity index is 1.71. The number of nitrogens with one attached hydrogen (secondary N) is 2. The van der Waals surface area contributed by atoms with E-state index < -0.39 is 0 Å². The van der Waals surface area contributed by atoms with Crippen molar-refractivity contribution in [3.05, 3.63) is 42.5 Å². The molecule has 2 aromatic rings.